The average molecular weight is 473 g/mol. The van der Waals surface area contributed by atoms with E-state index in [9.17, 15) is 19.1 Å². The number of hydrogen-bond acceptors (Lipinski definition) is 4. The van der Waals surface area contributed by atoms with E-state index in [1.54, 1.807) is 0 Å². The molecule has 1 amide bonds. The highest BCUT2D eigenvalue weighted by Gasteiger charge is 2.47. The number of nitrogens with zero attached hydrogens (tertiary/aromatic N) is 2. The van der Waals surface area contributed by atoms with E-state index in [0.29, 0.717) is 11.3 Å². The molecule has 35 heavy (non-hydrogen) atoms. The lowest BCUT2D eigenvalue weighted by Gasteiger charge is -2.27. The first-order valence-electron chi connectivity index (χ1n) is 11.4. The molecule has 1 heterocycles. The molecule has 6 heteroatoms. The molecule has 3 aromatic rings. The fourth-order valence-electron chi connectivity index (χ4n) is 4.25. The van der Waals surface area contributed by atoms with Gasteiger partial charge >= 0.3 is 0 Å². The first kappa shape index (κ1) is 24.2. The summed E-state index contributed by atoms with van der Waals surface area (Å²) in [4.78, 5) is 29.9. The Morgan fingerprint density at radius 3 is 1.97 bits per heavy atom. The Hall–Kier alpha value is -3.93. The lowest BCUT2D eigenvalue weighted by atomic mass is 9.87. The smallest absolute Gasteiger partial charge is 0.300 e. The van der Waals surface area contributed by atoms with Crippen LogP contribution in [0, 0.1) is 5.82 Å². The van der Waals surface area contributed by atoms with Crippen LogP contribution in [-0.4, -0.2) is 30.9 Å². The van der Waals surface area contributed by atoms with E-state index in [2.05, 4.69) is 20.8 Å². The van der Waals surface area contributed by atoms with Crippen molar-refractivity contribution in [1.82, 2.24) is 0 Å². The maximum absolute atomic E-state index is 13.5. The van der Waals surface area contributed by atoms with Crippen molar-refractivity contribution in [2.45, 2.75) is 32.2 Å². The lowest BCUT2D eigenvalue weighted by molar-refractivity contribution is -0.132. The van der Waals surface area contributed by atoms with Crippen molar-refractivity contribution >= 4 is 28.8 Å². The molecule has 0 aliphatic carbocycles. The van der Waals surface area contributed by atoms with Crippen molar-refractivity contribution in [2.24, 2.45) is 0 Å². The first-order valence-corrected chi connectivity index (χ1v) is 11.4. The highest BCUT2D eigenvalue weighted by Crippen LogP contribution is 2.42. The molecule has 0 spiro atoms. The van der Waals surface area contributed by atoms with E-state index in [1.807, 2.05) is 67.5 Å². The van der Waals surface area contributed by atoms with Crippen molar-refractivity contribution in [3.05, 3.63) is 101 Å². The van der Waals surface area contributed by atoms with Gasteiger partial charge in [-0.2, -0.15) is 0 Å². The van der Waals surface area contributed by atoms with E-state index in [-0.39, 0.29) is 22.3 Å². The summed E-state index contributed by atoms with van der Waals surface area (Å²) in [6.07, 6.45) is 0. The van der Waals surface area contributed by atoms with Crippen molar-refractivity contribution in [3.63, 3.8) is 0 Å². The van der Waals surface area contributed by atoms with E-state index in [0.717, 1.165) is 11.3 Å². The van der Waals surface area contributed by atoms with Gasteiger partial charge in [0.1, 0.15) is 11.6 Å². The predicted octanol–water partition coefficient (Wildman–Crippen LogP) is 5.82. The number of amides is 1. The number of anilines is 2. The Kier molecular flexibility index (Phi) is 6.24. The second-order valence-electron chi connectivity index (χ2n) is 9.96. The molecule has 0 bridgehead atoms. The van der Waals surface area contributed by atoms with Gasteiger partial charge in [0, 0.05) is 31.0 Å². The monoisotopic (exact) mass is 472 g/mol. The Morgan fingerprint density at radius 2 is 1.46 bits per heavy atom. The molecule has 1 aliphatic rings. The predicted molar refractivity (Wildman–Crippen MR) is 137 cm³/mol. The van der Waals surface area contributed by atoms with Gasteiger partial charge in [-0.15, -0.1) is 0 Å². The van der Waals surface area contributed by atoms with Crippen LogP contribution in [0.4, 0.5) is 15.8 Å². The van der Waals surface area contributed by atoms with Gasteiger partial charge in [-0.3, -0.25) is 14.5 Å². The lowest BCUT2D eigenvalue weighted by Crippen LogP contribution is -2.29. The normalized spacial score (nSPS) is 17.7. The summed E-state index contributed by atoms with van der Waals surface area (Å²) in [7, 11) is 3.85. The average Bonchev–Trinajstić information content (AvgIpc) is 3.09. The van der Waals surface area contributed by atoms with Gasteiger partial charge in [0.2, 0.25) is 0 Å². The zero-order valence-electron chi connectivity index (χ0n) is 20.5. The molecule has 0 radical (unpaired) electrons. The molecule has 1 unspecified atom stereocenters. The molecule has 1 aliphatic heterocycles. The molecule has 1 atom stereocenters. The van der Waals surface area contributed by atoms with Crippen molar-refractivity contribution in [3.8, 4) is 0 Å². The summed E-state index contributed by atoms with van der Waals surface area (Å²) in [5.74, 6) is -2.30. The first-order chi connectivity index (χ1) is 16.5. The van der Waals surface area contributed by atoms with Crippen LogP contribution in [0.5, 0.6) is 0 Å². The van der Waals surface area contributed by atoms with Crippen LogP contribution in [-0.2, 0) is 15.0 Å². The summed E-state index contributed by atoms with van der Waals surface area (Å²) in [6, 6.07) is 19.4. The Morgan fingerprint density at radius 1 is 0.886 bits per heavy atom. The fourth-order valence-corrected chi connectivity index (χ4v) is 4.25. The maximum atomic E-state index is 13.5. The Labute approximate surface area is 205 Å². The second-order valence-corrected chi connectivity index (χ2v) is 9.96. The highest BCUT2D eigenvalue weighted by atomic mass is 19.1. The zero-order chi connectivity index (χ0) is 25.5. The van der Waals surface area contributed by atoms with Gasteiger partial charge in [-0.1, -0.05) is 45.0 Å². The standard InChI is InChI=1S/C29H29FN2O3/c1-29(2,3)20-10-16-23(17-11-20)32-25(18-8-14-22(15-9-18)31(4)5)24(27(34)28(32)35)26(33)19-6-12-21(30)13-7-19/h6-17,25,33H,1-5H3/b26-24+. The molecule has 0 aromatic heterocycles. The molecule has 0 saturated carbocycles. The van der Waals surface area contributed by atoms with Crippen LogP contribution >= 0.6 is 0 Å². The van der Waals surface area contributed by atoms with E-state index in [1.165, 1.54) is 29.2 Å². The van der Waals surface area contributed by atoms with Crippen molar-refractivity contribution in [2.75, 3.05) is 23.9 Å². The molecular weight excluding hydrogens is 443 g/mol. The molecule has 180 valence electrons. The summed E-state index contributed by atoms with van der Waals surface area (Å²) < 4.78 is 13.5. The number of hydrogen-bond donors (Lipinski definition) is 1. The minimum Gasteiger partial charge on any atom is -0.507 e. The Balaban J connectivity index is 1.89. The SMILES string of the molecule is CN(C)c1ccc(C2/C(=C(\O)c3ccc(F)cc3)C(=O)C(=O)N2c2ccc(C(C)(C)C)cc2)cc1. The molecular formula is C29H29FN2O3. The summed E-state index contributed by atoms with van der Waals surface area (Å²) in [5.41, 5.74) is 3.45. The highest BCUT2D eigenvalue weighted by molar-refractivity contribution is 6.51. The molecule has 3 aromatic carbocycles. The molecule has 1 N–H and O–H groups in total. The van der Waals surface area contributed by atoms with Crippen molar-refractivity contribution < 1.29 is 19.1 Å². The van der Waals surface area contributed by atoms with Crippen LogP contribution in [0.3, 0.4) is 0 Å². The maximum Gasteiger partial charge on any atom is 0.300 e. The van der Waals surface area contributed by atoms with Gasteiger partial charge in [0.05, 0.1) is 11.6 Å². The van der Waals surface area contributed by atoms with E-state index < -0.39 is 23.5 Å². The van der Waals surface area contributed by atoms with E-state index >= 15 is 0 Å². The fraction of sp³-hybridized carbons (Fsp3) is 0.241. The van der Waals surface area contributed by atoms with Gasteiger partial charge in [0.25, 0.3) is 11.7 Å². The number of carbonyl (C=O) groups is 2. The number of Topliss-reactive ketones (excluding diaryl/α,β-unsaturated/α-hetero) is 1. The zero-order valence-corrected chi connectivity index (χ0v) is 20.5. The number of benzene rings is 3. The second kappa shape index (κ2) is 9.02. The Bertz CT molecular complexity index is 1290. The van der Waals surface area contributed by atoms with Gasteiger partial charge < -0.3 is 10.0 Å². The van der Waals surface area contributed by atoms with Crippen LogP contribution < -0.4 is 9.80 Å². The number of ketones is 1. The van der Waals surface area contributed by atoms with Crippen LogP contribution in [0.15, 0.2) is 78.4 Å². The van der Waals surface area contributed by atoms with E-state index in [4.69, 9.17) is 0 Å². The third kappa shape index (κ3) is 4.56. The number of aliphatic hydroxyl groups is 1. The number of carbonyl (C=O) groups excluding carboxylic acids is 2. The third-order valence-corrected chi connectivity index (χ3v) is 6.30. The minimum absolute atomic E-state index is 0.0286. The molecule has 1 saturated heterocycles. The number of rotatable bonds is 4. The quantitative estimate of drug-likeness (QED) is 0.296. The van der Waals surface area contributed by atoms with Crippen molar-refractivity contribution in [1.29, 1.82) is 0 Å². The molecule has 4 rings (SSSR count). The largest absolute Gasteiger partial charge is 0.507 e. The summed E-state index contributed by atoms with van der Waals surface area (Å²) in [5, 5.41) is 11.1. The van der Waals surface area contributed by atoms with Crippen LogP contribution in [0.25, 0.3) is 5.76 Å². The number of halogens is 1. The number of aliphatic hydroxyl groups excluding tert-OH is 1. The summed E-state index contributed by atoms with van der Waals surface area (Å²) in [6.45, 7) is 6.30. The van der Waals surface area contributed by atoms with Crippen LogP contribution in [0.2, 0.25) is 0 Å². The van der Waals surface area contributed by atoms with Crippen LogP contribution in [0.1, 0.15) is 43.5 Å². The topological polar surface area (TPSA) is 60.9 Å². The van der Waals surface area contributed by atoms with Gasteiger partial charge in [-0.25, -0.2) is 4.39 Å². The minimum atomic E-state index is -0.836. The molecule has 5 nitrogen and oxygen atoms in total. The van der Waals surface area contributed by atoms with Gasteiger partial charge in [-0.05, 0) is 65.1 Å². The van der Waals surface area contributed by atoms with Gasteiger partial charge in [0.15, 0.2) is 0 Å². The third-order valence-electron chi connectivity index (χ3n) is 6.30. The molecule has 1 fully saturated rings. The summed E-state index contributed by atoms with van der Waals surface area (Å²) >= 11 is 0.